The maximum Gasteiger partial charge on any atom is 0.321 e. The number of hydrogen-bond acceptors (Lipinski definition) is 2. The second-order valence-electron chi connectivity index (χ2n) is 2.90. The molecule has 0 radical (unpaired) electrons. The first-order chi connectivity index (χ1) is 5.85. The van der Waals surface area contributed by atoms with Crippen molar-refractivity contribution in [1.82, 2.24) is 0 Å². The lowest BCUT2D eigenvalue weighted by atomic mass is 10.4. The molecule has 1 unspecified atom stereocenters. The van der Waals surface area contributed by atoms with Gasteiger partial charge in [-0.05, 0) is 19.4 Å². The van der Waals surface area contributed by atoms with E-state index in [2.05, 4.69) is 13.8 Å². The van der Waals surface area contributed by atoms with Crippen LogP contribution >= 0.6 is 0 Å². The molecule has 0 fully saturated rings. The molecule has 3 heteroatoms. The van der Waals surface area contributed by atoms with Crippen molar-refractivity contribution >= 4 is 9.28 Å². The summed E-state index contributed by atoms with van der Waals surface area (Å²) in [6, 6.07) is 1.17. The van der Waals surface area contributed by atoms with Gasteiger partial charge < -0.3 is 8.85 Å². The minimum absolute atomic E-state index is 0.810. The molecule has 0 saturated heterocycles. The van der Waals surface area contributed by atoms with Gasteiger partial charge in [0, 0.05) is 13.2 Å². The molecule has 0 aliphatic carbocycles. The minimum Gasteiger partial charge on any atom is -0.397 e. The second kappa shape index (κ2) is 9.23. The van der Waals surface area contributed by atoms with Gasteiger partial charge in [0.25, 0.3) is 0 Å². The van der Waals surface area contributed by atoms with E-state index in [0.29, 0.717) is 0 Å². The lowest BCUT2D eigenvalue weighted by Gasteiger charge is -2.14. The molecule has 74 valence electrons. The third-order valence-corrected chi connectivity index (χ3v) is 3.85. The normalized spacial score (nSPS) is 13.2. The molecule has 0 spiro atoms. The molecular weight excluding hydrogens is 168 g/mol. The van der Waals surface area contributed by atoms with Crippen LogP contribution in [-0.2, 0) is 8.85 Å². The van der Waals surface area contributed by atoms with Gasteiger partial charge in [-0.2, -0.15) is 0 Å². The van der Waals surface area contributed by atoms with Gasteiger partial charge in [0.1, 0.15) is 0 Å². The highest BCUT2D eigenvalue weighted by atomic mass is 28.3. The van der Waals surface area contributed by atoms with Crippen LogP contribution in [0, 0.1) is 0 Å². The summed E-state index contributed by atoms with van der Waals surface area (Å²) >= 11 is 0. The van der Waals surface area contributed by atoms with Crippen LogP contribution in [0.2, 0.25) is 6.04 Å². The summed E-state index contributed by atoms with van der Waals surface area (Å²) in [5, 5.41) is 0. The van der Waals surface area contributed by atoms with Crippen molar-refractivity contribution in [3.05, 3.63) is 0 Å². The molecule has 0 aromatic carbocycles. The van der Waals surface area contributed by atoms with Crippen molar-refractivity contribution in [3.8, 4) is 0 Å². The van der Waals surface area contributed by atoms with E-state index in [9.17, 15) is 0 Å². The Labute approximate surface area is 78.1 Å². The van der Waals surface area contributed by atoms with E-state index in [1.165, 1.54) is 18.9 Å². The lowest BCUT2D eigenvalue weighted by Crippen LogP contribution is -2.23. The molecule has 12 heavy (non-hydrogen) atoms. The molecule has 0 N–H and O–H groups in total. The van der Waals surface area contributed by atoms with Crippen LogP contribution in [0.15, 0.2) is 0 Å². The number of rotatable bonds is 8. The highest BCUT2D eigenvalue weighted by Crippen LogP contribution is 2.04. The summed E-state index contributed by atoms with van der Waals surface area (Å²) in [6.45, 7) is 8.07. The van der Waals surface area contributed by atoms with E-state index >= 15 is 0 Å². The molecular formula is C9H22O2Si. The van der Waals surface area contributed by atoms with Gasteiger partial charge in [0.05, 0.1) is 0 Å². The van der Waals surface area contributed by atoms with Gasteiger partial charge in [-0.15, -0.1) is 0 Å². The number of unbranched alkanes of at least 4 members (excludes halogenated alkanes) is 1. The van der Waals surface area contributed by atoms with Crippen molar-refractivity contribution in [2.75, 3.05) is 13.2 Å². The Morgan fingerprint density at radius 3 is 2.25 bits per heavy atom. The molecule has 0 aliphatic rings. The van der Waals surface area contributed by atoms with Crippen molar-refractivity contribution in [3.63, 3.8) is 0 Å². The first-order valence-corrected chi connectivity index (χ1v) is 6.84. The van der Waals surface area contributed by atoms with Gasteiger partial charge >= 0.3 is 9.28 Å². The monoisotopic (exact) mass is 190 g/mol. The van der Waals surface area contributed by atoms with Crippen LogP contribution in [0.4, 0.5) is 0 Å². The Morgan fingerprint density at radius 2 is 1.75 bits per heavy atom. The molecule has 0 bridgehead atoms. The molecule has 2 nitrogen and oxygen atoms in total. The predicted octanol–water partition coefficient (Wildman–Crippen LogP) is 2.47. The molecule has 0 heterocycles. The maximum absolute atomic E-state index is 5.65. The first-order valence-electron chi connectivity index (χ1n) is 5.08. The highest BCUT2D eigenvalue weighted by molar-refractivity contribution is 6.44. The van der Waals surface area contributed by atoms with Gasteiger partial charge in [-0.25, -0.2) is 0 Å². The summed E-state index contributed by atoms with van der Waals surface area (Å²) < 4.78 is 11.2. The molecule has 1 atom stereocenters. The van der Waals surface area contributed by atoms with Crippen LogP contribution in [0.1, 0.15) is 40.0 Å². The van der Waals surface area contributed by atoms with Gasteiger partial charge in [-0.3, -0.25) is 0 Å². The predicted molar refractivity (Wildman–Crippen MR) is 54.7 cm³/mol. The molecule has 0 rings (SSSR count). The van der Waals surface area contributed by atoms with Crippen molar-refractivity contribution < 1.29 is 8.85 Å². The summed E-state index contributed by atoms with van der Waals surface area (Å²) in [7, 11) is -1.27. The second-order valence-corrected chi connectivity index (χ2v) is 5.00. The molecule has 0 aromatic rings. The topological polar surface area (TPSA) is 18.5 Å². The van der Waals surface area contributed by atoms with Gasteiger partial charge in [-0.1, -0.05) is 26.7 Å². The Bertz CT molecular complexity index is 80.6. The van der Waals surface area contributed by atoms with Crippen molar-refractivity contribution in [2.24, 2.45) is 0 Å². The maximum atomic E-state index is 5.65. The zero-order chi connectivity index (χ0) is 9.23. The van der Waals surface area contributed by atoms with Crippen molar-refractivity contribution in [2.45, 2.75) is 46.1 Å². The van der Waals surface area contributed by atoms with Gasteiger partial charge in [0.15, 0.2) is 0 Å². The smallest absolute Gasteiger partial charge is 0.321 e. The fourth-order valence-corrected chi connectivity index (χ4v) is 3.06. The Hall–Kier alpha value is 0.137. The largest absolute Gasteiger partial charge is 0.397 e. The van der Waals surface area contributed by atoms with E-state index < -0.39 is 9.28 Å². The van der Waals surface area contributed by atoms with Gasteiger partial charge in [0.2, 0.25) is 0 Å². The average Bonchev–Trinajstić information content (AvgIpc) is 2.10. The molecule has 0 aliphatic heterocycles. The first kappa shape index (κ1) is 12.1. The molecule has 0 saturated carbocycles. The highest BCUT2D eigenvalue weighted by Gasteiger charge is 2.10. The zero-order valence-electron chi connectivity index (χ0n) is 8.64. The summed E-state index contributed by atoms with van der Waals surface area (Å²) in [4.78, 5) is 0. The van der Waals surface area contributed by atoms with Crippen LogP contribution in [0.3, 0.4) is 0 Å². The summed E-state index contributed by atoms with van der Waals surface area (Å²) in [5.41, 5.74) is 0. The average molecular weight is 190 g/mol. The number of hydrogen-bond donors (Lipinski definition) is 0. The summed E-state index contributed by atoms with van der Waals surface area (Å²) in [6.07, 6.45) is 3.59. The zero-order valence-corrected chi connectivity index (χ0v) is 9.79. The fraction of sp³-hybridized carbons (Fsp3) is 1.00. The van der Waals surface area contributed by atoms with Crippen LogP contribution in [0.5, 0.6) is 0 Å². The van der Waals surface area contributed by atoms with E-state index in [0.717, 1.165) is 19.6 Å². The van der Waals surface area contributed by atoms with E-state index in [4.69, 9.17) is 8.85 Å². The minimum atomic E-state index is -1.27. The van der Waals surface area contributed by atoms with E-state index in [1.54, 1.807) is 0 Å². The Morgan fingerprint density at radius 1 is 1.00 bits per heavy atom. The Balaban J connectivity index is 3.40. The van der Waals surface area contributed by atoms with Crippen LogP contribution in [0.25, 0.3) is 0 Å². The lowest BCUT2D eigenvalue weighted by molar-refractivity contribution is 0.204. The standard InChI is InChI=1S/C9H22O2Si/c1-4-7-9-12(10-6-3)11-8-5-2/h12H,4-9H2,1-3H3. The third kappa shape index (κ3) is 6.82. The molecule has 0 aromatic heterocycles. The Kier molecular flexibility index (Phi) is 9.33. The summed E-state index contributed by atoms with van der Waals surface area (Å²) in [5.74, 6) is 0. The third-order valence-electron chi connectivity index (χ3n) is 1.65. The molecule has 0 amide bonds. The fourth-order valence-electron chi connectivity index (χ4n) is 1.02. The van der Waals surface area contributed by atoms with E-state index in [1.807, 2.05) is 6.92 Å². The van der Waals surface area contributed by atoms with Crippen LogP contribution in [-0.4, -0.2) is 22.5 Å². The van der Waals surface area contributed by atoms with E-state index in [-0.39, 0.29) is 0 Å². The van der Waals surface area contributed by atoms with Crippen LogP contribution < -0.4 is 0 Å². The quantitative estimate of drug-likeness (QED) is 0.547. The van der Waals surface area contributed by atoms with Crippen molar-refractivity contribution in [1.29, 1.82) is 0 Å². The SMILES string of the molecule is CCCC[SiH](OCC)OCCC.